The lowest BCUT2D eigenvalue weighted by molar-refractivity contribution is 0.149. The summed E-state index contributed by atoms with van der Waals surface area (Å²) in [5.41, 5.74) is 11.3. The van der Waals surface area contributed by atoms with Crippen molar-refractivity contribution >= 4 is 11.5 Å². The monoisotopic (exact) mass is 173 g/mol. The van der Waals surface area contributed by atoms with E-state index in [1.54, 1.807) is 0 Å². The summed E-state index contributed by atoms with van der Waals surface area (Å²) >= 11 is 0. The van der Waals surface area contributed by atoms with Gasteiger partial charge in [-0.1, -0.05) is 0 Å². The second-order valence-electron chi connectivity index (χ2n) is 2.41. The van der Waals surface area contributed by atoms with E-state index < -0.39 is 12.8 Å². The van der Waals surface area contributed by atoms with Crippen LogP contribution < -0.4 is 11.5 Å². The highest BCUT2D eigenvalue weighted by atomic mass is 19.3. The van der Waals surface area contributed by atoms with E-state index >= 15 is 0 Å². The van der Waals surface area contributed by atoms with Gasteiger partial charge >= 0.3 is 0 Å². The second kappa shape index (κ2) is 3.34. The van der Waals surface area contributed by atoms with Gasteiger partial charge in [-0.05, 0) is 6.07 Å². The second-order valence-corrected chi connectivity index (χ2v) is 2.41. The van der Waals surface area contributed by atoms with E-state index in [1.807, 2.05) is 0 Å². The number of nitrogen functional groups attached to an aromatic ring is 2. The molecule has 0 aromatic carbocycles. The highest BCUT2D eigenvalue weighted by Crippen LogP contribution is 2.15. The van der Waals surface area contributed by atoms with Gasteiger partial charge in [0.05, 0.1) is 11.9 Å². The van der Waals surface area contributed by atoms with Gasteiger partial charge in [0, 0.05) is 12.0 Å². The number of nitrogens with two attached hydrogens (primary N) is 2. The van der Waals surface area contributed by atoms with Crippen LogP contribution in [0.3, 0.4) is 0 Å². The predicted molar refractivity (Wildman–Crippen MR) is 42.8 cm³/mol. The fourth-order valence-corrected chi connectivity index (χ4v) is 0.869. The third-order valence-electron chi connectivity index (χ3n) is 1.40. The fourth-order valence-electron chi connectivity index (χ4n) is 0.869. The third kappa shape index (κ3) is 2.05. The van der Waals surface area contributed by atoms with E-state index in [-0.39, 0.29) is 5.82 Å². The van der Waals surface area contributed by atoms with Crippen molar-refractivity contribution in [3.63, 3.8) is 0 Å². The summed E-state index contributed by atoms with van der Waals surface area (Å²) in [5.74, 6) is 0.115. The quantitative estimate of drug-likeness (QED) is 0.702. The van der Waals surface area contributed by atoms with Gasteiger partial charge in [-0.25, -0.2) is 13.8 Å². The van der Waals surface area contributed by atoms with E-state index in [2.05, 4.69) is 4.98 Å². The van der Waals surface area contributed by atoms with Crippen LogP contribution in [0, 0.1) is 0 Å². The van der Waals surface area contributed by atoms with Crippen molar-refractivity contribution < 1.29 is 8.78 Å². The fraction of sp³-hybridized carbons (Fsp3) is 0.286. The summed E-state index contributed by atoms with van der Waals surface area (Å²) in [6.07, 6.45) is -1.48. The average molecular weight is 173 g/mol. The van der Waals surface area contributed by atoms with Crippen LogP contribution in [0.15, 0.2) is 12.3 Å². The summed E-state index contributed by atoms with van der Waals surface area (Å²) in [4.78, 5) is 3.65. The Hall–Kier alpha value is -1.39. The van der Waals surface area contributed by atoms with Crippen LogP contribution in [0.1, 0.15) is 5.56 Å². The minimum Gasteiger partial charge on any atom is -0.397 e. The molecule has 12 heavy (non-hydrogen) atoms. The van der Waals surface area contributed by atoms with Gasteiger partial charge in [-0.2, -0.15) is 0 Å². The lowest BCUT2D eigenvalue weighted by Gasteiger charge is -2.04. The van der Waals surface area contributed by atoms with Crippen LogP contribution in [-0.2, 0) is 6.42 Å². The number of pyridine rings is 1. The molecule has 0 unspecified atom stereocenters. The molecule has 1 heterocycles. The largest absolute Gasteiger partial charge is 0.397 e. The molecule has 3 nitrogen and oxygen atoms in total. The third-order valence-corrected chi connectivity index (χ3v) is 1.40. The first-order valence-electron chi connectivity index (χ1n) is 3.37. The molecule has 0 radical (unpaired) electrons. The zero-order chi connectivity index (χ0) is 9.14. The minimum absolute atomic E-state index is 0.115. The van der Waals surface area contributed by atoms with Gasteiger partial charge in [0.25, 0.3) is 0 Å². The first-order chi connectivity index (χ1) is 5.59. The molecule has 0 fully saturated rings. The molecule has 0 amide bonds. The molecule has 1 aromatic rings. The summed E-state index contributed by atoms with van der Waals surface area (Å²) in [6.45, 7) is 0. The molecule has 0 spiro atoms. The van der Waals surface area contributed by atoms with Gasteiger partial charge in [-0.3, -0.25) is 0 Å². The van der Waals surface area contributed by atoms with E-state index in [0.29, 0.717) is 11.3 Å². The zero-order valence-corrected chi connectivity index (χ0v) is 6.30. The van der Waals surface area contributed by atoms with Crippen LogP contribution in [0.25, 0.3) is 0 Å². The van der Waals surface area contributed by atoms with Gasteiger partial charge in [0.2, 0.25) is 6.43 Å². The van der Waals surface area contributed by atoms with Gasteiger partial charge in [0.1, 0.15) is 5.82 Å². The van der Waals surface area contributed by atoms with Gasteiger partial charge in [-0.15, -0.1) is 0 Å². The van der Waals surface area contributed by atoms with Crippen molar-refractivity contribution in [2.75, 3.05) is 11.5 Å². The SMILES string of the molecule is Nc1cnc(N)c(CC(F)F)c1. The van der Waals surface area contributed by atoms with Crippen molar-refractivity contribution in [1.29, 1.82) is 0 Å². The molecule has 4 N–H and O–H groups in total. The maximum Gasteiger partial charge on any atom is 0.242 e. The van der Waals surface area contributed by atoms with E-state index in [1.165, 1.54) is 12.3 Å². The molecule has 1 rings (SSSR count). The molecule has 5 heteroatoms. The molecule has 0 bridgehead atoms. The zero-order valence-electron chi connectivity index (χ0n) is 6.30. The van der Waals surface area contributed by atoms with Gasteiger partial charge in [0.15, 0.2) is 0 Å². The lowest BCUT2D eigenvalue weighted by Crippen LogP contribution is -2.04. The number of alkyl halides is 2. The first-order valence-corrected chi connectivity index (χ1v) is 3.37. The number of halogens is 2. The van der Waals surface area contributed by atoms with E-state index in [4.69, 9.17) is 11.5 Å². The molecule has 0 saturated carbocycles. The maximum atomic E-state index is 11.9. The Labute approximate surface area is 68.4 Å². The highest BCUT2D eigenvalue weighted by Gasteiger charge is 2.08. The normalized spacial score (nSPS) is 10.6. The molecule has 1 aromatic heterocycles. The maximum absolute atomic E-state index is 11.9. The van der Waals surface area contributed by atoms with Crippen LogP contribution in [0.2, 0.25) is 0 Å². The topological polar surface area (TPSA) is 64.9 Å². The molecular weight excluding hydrogens is 164 g/mol. The Morgan fingerprint density at radius 2 is 2.08 bits per heavy atom. The molecule has 66 valence electrons. The van der Waals surface area contributed by atoms with Crippen LogP contribution in [0.4, 0.5) is 20.3 Å². The molecule has 0 aliphatic carbocycles. The number of nitrogens with zero attached hydrogens (tertiary/aromatic N) is 1. The number of hydrogen-bond donors (Lipinski definition) is 2. The smallest absolute Gasteiger partial charge is 0.242 e. The summed E-state index contributed by atoms with van der Waals surface area (Å²) in [6, 6.07) is 1.41. The minimum atomic E-state index is -2.42. The van der Waals surface area contributed by atoms with Gasteiger partial charge < -0.3 is 11.5 Å². The number of rotatable bonds is 2. The van der Waals surface area contributed by atoms with Crippen LogP contribution in [0.5, 0.6) is 0 Å². The van der Waals surface area contributed by atoms with E-state index in [0.717, 1.165) is 0 Å². The Balaban J connectivity index is 2.90. The Kier molecular flexibility index (Phi) is 2.42. The summed E-state index contributed by atoms with van der Waals surface area (Å²) < 4.78 is 23.8. The standard InChI is InChI=1S/C7H9F2N3/c8-6(9)2-4-1-5(10)3-12-7(4)11/h1,3,6H,2,10H2,(H2,11,12). The Morgan fingerprint density at radius 3 is 2.67 bits per heavy atom. The molecular formula is C7H9F2N3. The molecule has 0 atom stereocenters. The first kappa shape index (κ1) is 8.70. The van der Waals surface area contributed by atoms with Crippen molar-refractivity contribution in [3.05, 3.63) is 17.8 Å². The predicted octanol–water partition coefficient (Wildman–Crippen LogP) is 1.05. The molecule has 0 saturated heterocycles. The van der Waals surface area contributed by atoms with Crippen molar-refractivity contribution in [3.8, 4) is 0 Å². The summed E-state index contributed by atoms with van der Waals surface area (Å²) in [7, 11) is 0. The van der Waals surface area contributed by atoms with Crippen LogP contribution >= 0.6 is 0 Å². The van der Waals surface area contributed by atoms with E-state index in [9.17, 15) is 8.78 Å². The summed E-state index contributed by atoms with van der Waals surface area (Å²) in [5, 5.41) is 0. The van der Waals surface area contributed by atoms with Crippen molar-refractivity contribution in [2.45, 2.75) is 12.8 Å². The lowest BCUT2D eigenvalue weighted by atomic mass is 10.2. The van der Waals surface area contributed by atoms with Crippen molar-refractivity contribution in [1.82, 2.24) is 4.98 Å². The average Bonchev–Trinajstić information content (AvgIpc) is 1.96. The Bertz CT molecular complexity index is 275. The number of anilines is 2. The number of hydrogen-bond acceptors (Lipinski definition) is 3. The Morgan fingerprint density at radius 1 is 1.42 bits per heavy atom. The number of aromatic nitrogens is 1. The van der Waals surface area contributed by atoms with Crippen molar-refractivity contribution in [2.24, 2.45) is 0 Å². The molecule has 0 aliphatic heterocycles. The molecule has 0 aliphatic rings. The highest BCUT2D eigenvalue weighted by molar-refractivity contribution is 5.48. The van der Waals surface area contributed by atoms with Crippen LogP contribution in [-0.4, -0.2) is 11.4 Å².